The zero-order valence-corrected chi connectivity index (χ0v) is 13.4. The maximum absolute atomic E-state index is 12.5. The van der Waals surface area contributed by atoms with Crippen molar-refractivity contribution in [1.29, 1.82) is 0 Å². The number of carbonyl (C=O) groups is 2. The van der Waals surface area contributed by atoms with Crippen LogP contribution in [0.2, 0.25) is 0 Å². The van der Waals surface area contributed by atoms with Crippen LogP contribution in [-0.4, -0.2) is 40.1 Å². The fourth-order valence-corrected chi connectivity index (χ4v) is 3.21. The zero-order valence-electron chi connectivity index (χ0n) is 11.8. The summed E-state index contributed by atoms with van der Waals surface area (Å²) in [5.41, 5.74) is -0.647. The van der Waals surface area contributed by atoms with Gasteiger partial charge in [0.1, 0.15) is 5.75 Å². The lowest BCUT2D eigenvalue weighted by Crippen LogP contribution is -2.36. The molecule has 1 unspecified atom stereocenters. The van der Waals surface area contributed by atoms with Crippen molar-refractivity contribution in [3.05, 3.63) is 28.2 Å². The Kier molecular flexibility index (Phi) is 4.56. The standard InChI is InChI=1S/C15H18BrNO4/c1-2-5-15(14(20)21)6-7-17(9-15)13(19)11-4-3-10(16)8-12(11)18/h3-4,8,18H,2,5-7,9H2,1H3,(H,20,21). The highest BCUT2D eigenvalue weighted by Crippen LogP contribution is 2.37. The summed E-state index contributed by atoms with van der Waals surface area (Å²) in [6.45, 7) is 2.54. The summed E-state index contributed by atoms with van der Waals surface area (Å²) in [4.78, 5) is 25.5. The van der Waals surface area contributed by atoms with E-state index in [0.717, 1.165) is 6.42 Å². The molecule has 1 aliphatic heterocycles. The number of aliphatic carboxylic acids is 1. The number of carbonyl (C=O) groups excluding carboxylic acids is 1. The van der Waals surface area contributed by atoms with Crippen LogP contribution in [0.4, 0.5) is 0 Å². The van der Waals surface area contributed by atoms with Gasteiger partial charge in [-0.15, -0.1) is 0 Å². The van der Waals surface area contributed by atoms with Gasteiger partial charge in [-0.05, 0) is 31.0 Å². The number of likely N-dealkylation sites (tertiary alicyclic amines) is 1. The van der Waals surface area contributed by atoms with Crippen LogP contribution in [0.3, 0.4) is 0 Å². The van der Waals surface area contributed by atoms with Gasteiger partial charge in [-0.2, -0.15) is 0 Å². The monoisotopic (exact) mass is 355 g/mol. The minimum absolute atomic E-state index is 0.0994. The van der Waals surface area contributed by atoms with Gasteiger partial charge in [0.2, 0.25) is 0 Å². The first-order chi connectivity index (χ1) is 9.89. The second-order valence-corrected chi connectivity index (χ2v) is 6.39. The van der Waals surface area contributed by atoms with Gasteiger partial charge in [0.25, 0.3) is 5.91 Å². The van der Waals surface area contributed by atoms with E-state index in [1.807, 2.05) is 6.92 Å². The van der Waals surface area contributed by atoms with Gasteiger partial charge in [0, 0.05) is 17.6 Å². The van der Waals surface area contributed by atoms with E-state index in [-0.39, 0.29) is 23.8 Å². The number of rotatable bonds is 4. The fourth-order valence-electron chi connectivity index (χ4n) is 2.87. The third-order valence-corrected chi connectivity index (χ3v) is 4.51. The van der Waals surface area contributed by atoms with Gasteiger partial charge < -0.3 is 15.1 Å². The maximum atomic E-state index is 12.5. The van der Waals surface area contributed by atoms with E-state index in [4.69, 9.17) is 0 Å². The number of phenols is 1. The summed E-state index contributed by atoms with van der Waals surface area (Å²) in [7, 11) is 0. The fraction of sp³-hybridized carbons (Fsp3) is 0.467. The van der Waals surface area contributed by atoms with E-state index in [1.165, 1.54) is 11.0 Å². The van der Waals surface area contributed by atoms with Crippen LogP contribution in [0.1, 0.15) is 36.5 Å². The summed E-state index contributed by atoms with van der Waals surface area (Å²) in [5, 5.41) is 19.3. The van der Waals surface area contributed by atoms with Crippen molar-refractivity contribution < 1.29 is 19.8 Å². The van der Waals surface area contributed by atoms with Crippen LogP contribution in [0.15, 0.2) is 22.7 Å². The molecule has 2 N–H and O–H groups in total. The predicted octanol–water partition coefficient (Wildman–Crippen LogP) is 2.87. The minimum Gasteiger partial charge on any atom is -0.507 e. The molecule has 6 heteroatoms. The molecule has 2 rings (SSSR count). The largest absolute Gasteiger partial charge is 0.507 e. The van der Waals surface area contributed by atoms with Crippen molar-refractivity contribution in [2.24, 2.45) is 5.41 Å². The molecule has 0 aromatic heterocycles. The average Bonchev–Trinajstić information content (AvgIpc) is 2.84. The highest BCUT2D eigenvalue weighted by atomic mass is 79.9. The Bertz CT molecular complexity index is 575. The van der Waals surface area contributed by atoms with Gasteiger partial charge in [0.15, 0.2) is 0 Å². The van der Waals surface area contributed by atoms with Crippen molar-refractivity contribution in [3.63, 3.8) is 0 Å². The van der Waals surface area contributed by atoms with Gasteiger partial charge in [-0.1, -0.05) is 29.3 Å². The number of nitrogens with zero attached hydrogens (tertiary/aromatic N) is 1. The summed E-state index contributed by atoms with van der Waals surface area (Å²) in [6.07, 6.45) is 1.77. The molecule has 0 radical (unpaired) electrons. The number of aromatic hydroxyl groups is 1. The SMILES string of the molecule is CCCC1(C(=O)O)CCN(C(=O)c2ccc(Br)cc2O)C1. The molecule has 1 aromatic rings. The molecular weight excluding hydrogens is 338 g/mol. The lowest BCUT2D eigenvalue weighted by atomic mass is 9.83. The summed E-state index contributed by atoms with van der Waals surface area (Å²) in [6, 6.07) is 4.68. The van der Waals surface area contributed by atoms with Crippen LogP contribution in [0.5, 0.6) is 5.75 Å². The lowest BCUT2D eigenvalue weighted by molar-refractivity contribution is -0.148. The van der Waals surface area contributed by atoms with Crippen molar-refractivity contribution in [2.75, 3.05) is 13.1 Å². The highest BCUT2D eigenvalue weighted by molar-refractivity contribution is 9.10. The van der Waals surface area contributed by atoms with Gasteiger partial charge in [-0.3, -0.25) is 9.59 Å². The second kappa shape index (κ2) is 6.05. The molecule has 5 nitrogen and oxygen atoms in total. The Hall–Kier alpha value is -1.56. The topological polar surface area (TPSA) is 77.8 Å². The van der Waals surface area contributed by atoms with Crippen LogP contribution in [0.25, 0.3) is 0 Å². The van der Waals surface area contributed by atoms with Crippen LogP contribution in [0, 0.1) is 5.41 Å². The van der Waals surface area contributed by atoms with Gasteiger partial charge in [0.05, 0.1) is 11.0 Å². The van der Waals surface area contributed by atoms with Crippen LogP contribution in [-0.2, 0) is 4.79 Å². The summed E-state index contributed by atoms with van der Waals surface area (Å²) < 4.78 is 0.684. The third-order valence-electron chi connectivity index (χ3n) is 4.01. The Balaban J connectivity index is 2.20. The number of hydrogen-bond donors (Lipinski definition) is 2. The van der Waals surface area contributed by atoms with Crippen molar-refractivity contribution in [1.82, 2.24) is 4.90 Å². The molecule has 1 amide bonds. The van der Waals surface area contributed by atoms with E-state index in [0.29, 0.717) is 23.9 Å². The Labute approximate surface area is 131 Å². The molecule has 0 saturated carbocycles. The van der Waals surface area contributed by atoms with Gasteiger partial charge in [-0.25, -0.2) is 0 Å². The Morgan fingerprint density at radius 3 is 2.71 bits per heavy atom. The molecule has 1 atom stereocenters. The third kappa shape index (κ3) is 3.05. The molecule has 114 valence electrons. The summed E-state index contributed by atoms with van der Waals surface area (Å²) in [5.74, 6) is -1.27. The quantitative estimate of drug-likeness (QED) is 0.870. The number of benzene rings is 1. The number of carboxylic acid groups (broad SMARTS) is 1. The molecule has 1 fully saturated rings. The van der Waals surface area contributed by atoms with Crippen LogP contribution >= 0.6 is 15.9 Å². The van der Waals surface area contributed by atoms with Crippen molar-refractivity contribution in [3.8, 4) is 5.75 Å². The van der Waals surface area contributed by atoms with E-state index in [9.17, 15) is 19.8 Å². The zero-order chi connectivity index (χ0) is 15.6. The molecule has 1 aromatic carbocycles. The normalized spacial score (nSPS) is 21.5. The van der Waals surface area contributed by atoms with Crippen molar-refractivity contribution in [2.45, 2.75) is 26.2 Å². The number of phenolic OH excluding ortho intramolecular Hbond substituents is 1. The maximum Gasteiger partial charge on any atom is 0.311 e. The number of carboxylic acids is 1. The average molecular weight is 356 g/mol. The summed E-state index contributed by atoms with van der Waals surface area (Å²) >= 11 is 3.22. The van der Waals surface area contributed by atoms with Gasteiger partial charge >= 0.3 is 5.97 Å². The van der Waals surface area contributed by atoms with Crippen LogP contribution < -0.4 is 0 Å². The number of halogens is 1. The molecule has 1 aliphatic rings. The molecule has 1 heterocycles. The molecule has 0 spiro atoms. The van der Waals surface area contributed by atoms with E-state index in [2.05, 4.69) is 15.9 Å². The predicted molar refractivity (Wildman–Crippen MR) is 81.3 cm³/mol. The van der Waals surface area contributed by atoms with E-state index < -0.39 is 11.4 Å². The minimum atomic E-state index is -0.852. The van der Waals surface area contributed by atoms with Crippen molar-refractivity contribution >= 4 is 27.8 Å². The first kappa shape index (κ1) is 15.8. The van der Waals surface area contributed by atoms with E-state index >= 15 is 0 Å². The lowest BCUT2D eigenvalue weighted by Gasteiger charge is -2.24. The first-order valence-electron chi connectivity index (χ1n) is 6.91. The van der Waals surface area contributed by atoms with E-state index in [1.54, 1.807) is 12.1 Å². The highest BCUT2D eigenvalue weighted by Gasteiger charge is 2.45. The Morgan fingerprint density at radius 2 is 2.14 bits per heavy atom. The first-order valence-corrected chi connectivity index (χ1v) is 7.70. The molecule has 0 aliphatic carbocycles. The number of hydrogen-bond acceptors (Lipinski definition) is 3. The number of amides is 1. The molecule has 21 heavy (non-hydrogen) atoms. The second-order valence-electron chi connectivity index (χ2n) is 5.47. The molecular formula is C15H18BrNO4. The smallest absolute Gasteiger partial charge is 0.311 e. The molecule has 1 saturated heterocycles. The Morgan fingerprint density at radius 1 is 1.43 bits per heavy atom. The molecule has 0 bridgehead atoms.